The molecule has 0 radical (unpaired) electrons. The van der Waals surface area contributed by atoms with Gasteiger partial charge in [0.05, 0.1) is 17.2 Å². The summed E-state index contributed by atoms with van der Waals surface area (Å²) in [7, 11) is 0. The van der Waals surface area contributed by atoms with E-state index < -0.39 is 0 Å². The van der Waals surface area contributed by atoms with Crippen LogP contribution in [0.2, 0.25) is 0 Å². The maximum absolute atomic E-state index is 12.4. The molecule has 2 aromatic rings. The van der Waals surface area contributed by atoms with Crippen LogP contribution in [0.3, 0.4) is 0 Å². The van der Waals surface area contributed by atoms with E-state index in [2.05, 4.69) is 9.97 Å². The molecule has 7 heteroatoms. The molecule has 0 amide bonds. The topological polar surface area (TPSA) is 72.0 Å². The molecule has 0 aliphatic heterocycles. The van der Waals surface area contributed by atoms with Crippen LogP contribution in [0.5, 0.6) is 0 Å². The number of carbonyl (C=O) groups excluding carboxylic acids is 1. The molecule has 2 heterocycles. The molecule has 1 aliphatic rings. The lowest BCUT2D eigenvalue weighted by atomic mass is 9.97. The Bertz CT molecular complexity index is 781. The number of hydrogen-bond donors (Lipinski definition) is 1. The summed E-state index contributed by atoms with van der Waals surface area (Å²) in [6, 6.07) is 0. The fourth-order valence-electron chi connectivity index (χ4n) is 2.68. The van der Waals surface area contributed by atoms with Gasteiger partial charge in [-0.05, 0) is 44.6 Å². The van der Waals surface area contributed by atoms with Crippen molar-refractivity contribution in [3.8, 4) is 0 Å². The van der Waals surface area contributed by atoms with Crippen molar-refractivity contribution in [2.75, 3.05) is 5.75 Å². The molecule has 1 aliphatic carbocycles. The number of carbonyl (C=O) groups is 1. The zero-order chi connectivity index (χ0) is 16.4. The maximum Gasteiger partial charge on any atom is 0.316 e. The van der Waals surface area contributed by atoms with E-state index in [-0.39, 0.29) is 23.4 Å². The van der Waals surface area contributed by atoms with Crippen LogP contribution >= 0.6 is 23.1 Å². The lowest BCUT2D eigenvalue weighted by molar-refractivity contribution is -0.144. The Kier molecular flexibility index (Phi) is 5.06. The predicted octanol–water partition coefficient (Wildman–Crippen LogP) is 3.30. The molecule has 0 bridgehead atoms. The van der Waals surface area contributed by atoms with Crippen molar-refractivity contribution in [1.82, 2.24) is 9.97 Å². The lowest BCUT2D eigenvalue weighted by Crippen LogP contribution is -2.16. The summed E-state index contributed by atoms with van der Waals surface area (Å²) in [4.78, 5) is 33.5. The number of nitrogens with one attached hydrogen (secondary N) is 1. The average molecular weight is 352 g/mol. The number of nitrogens with zero attached hydrogens (tertiary/aromatic N) is 1. The van der Waals surface area contributed by atoms with Gasteiger partial charge in [-0.3, -0.25) is 9.59 Å². The summed E-state index contributed by atoms with van der Waals surface area (Å²) in [5.41, 5.74) is 1.09. The SMILES string of the molecule is CCC(C)OC(=O)CSc1nc2sc3c(c2c(=O)[nH]1)CCCC3. The summed E-state index contributed by atoms with van der Waals surface area (Å²) >= 11 is 2.84. The number of thiophene rings is 1. The van der Waals surface area contributed by atoms with Gasteiger partial charge in [0, 0.05) is 4.88 Å². The largest absolute Gasteiger partial charge is 0.462 e. The number of hydrogen-bond acceptors (Lipinski definition) is 6. The third-order valence-corrected chi connectivity index (χ3v) is 6.07. The summed E-state index contributed by atoms with van der Waals surface area (Å²) < 4.78 is 5.23. The van der Waals surface area contributed by atoms with E-state index in [0.717, 1.165) is 35.9 Å². The molecule has 23 heavy (non-hydrogen) atoms. The number of H-pyrrole nitrogens is 1. The van der Waals surface area contributed by atoms with Gasteiger partial charge in [0.15, 0.2) is 5.16 Å². The summed E-state index contributed by atoms with van der Waals surface area (Å²) in [6.45, 7) is 3.83. The van der Waals surface area contributed by atoms with Crippen LogP contribution in [0.15, 0.2) is 9.95 Å². The van der Waals surface area contributed by atoms with E-state index in [1.807, 2.05) is 13.8 Å². The third kappa shape index (κ3) is 3.61. The predicted molar refractivity (Wildman–Crippen MR) is 93.5 cm³/mol. The summed E-state index contributed by atoms with van der Waals surface area (Å²) in [5, 5.41) is 1.23. The molecule has 0 saturated carbocycles. The van der Waals surface area contributed by atoms with Gasteiger partial charge in [0.25, 0.3) is 5.56 Å². The van der Waals surface area contributed by atoms with Crippen molar-refractivity contribution in [2.45, 2.75) is 57.2 Å². The maximum atomic E-state index is 12.4. The van der Waals surface area contributed by atoms with Gasteiger partial charge in [-0.25, -0.2) is 4.98 Å². The fraction of sp³-hybridized carbons (Fsp3) is 0.562. The number of esters is 1. The molecule has 1 unspecified atom stereocenters. The number of aromatic nitrogens is 2. The first-order chi connectivity index (χ1) is 11.1. The highest BCUT2D eigenvalue weighted by molar-refractivity contribution is 7.99. The Labute approximate surface area is 142 Å². The Morgan fingerprint density at radius 2 is 2.22 bits per heavy atom. The van der Waals surface area contributed by atoms with Gasteiger partial charge in [0.2, 0.25) is 0 Å². The average Bonchev–Trinajstić information content (AvgIpc) is 2.91. The van der Waals surface area contributed by atoms with Crippen LogP contribution in [0.4, 0.5) is 0 Å². The monoisotopic (exact) mass is 352 g/mol. The molecule has 0 fully saturated rings. The van der Waals surface area contributed by atoms with E-state index in [0.29, 0.717) is 5.16 Å². The van der Waals surface area contributed by atoms with E-state index in [9.17, 15) is 9.59 Å². The van der Waals surface area contributed by atoms with Crippen molar-refractivity contribution < 1.29 is 9.53 Å². The van der Waals surface area contributed by atoms with E-state index in [4.69, 9.17) is 4.74 Å². The second-order valence-corrected chi connectivity index (χ2v) is 7.81. The minimum absolute atomic E-state index is 0.0818. The number of thioether (sulfide) groups is 1. The Morgan fingerprint density at radius 1 is 1.43 bits per heavy atom. The molecule has 0 spiro atoms. The molecular weight excluding hydrogens is 332 g/mol. The molecule has 5 nitrogen and oxygen atoms in total. The van der Waals surface area contributed by atoms with Crippen LogP contribution < -0.4 is 5.56 Å². The fourth-order valence-corrected chi connectivity index (χ4v) is 4.64. The van der Waals surface area contributed by atoms with Gasteiger partial charge in [-0.2, -0.15) is 0 Å². The van der Waals surface area contributed by atoms with Crippen molar-refractivity contribution in [1.29, 1.82) is 0 Å². The molecule has 124 valence electrons. The first-order valence-electron chi connectivity index (χ1n) is 7.95. The number of rotatable bonds is 5. The van der Waals surface area contributed by atoms with E-state index >= 15 is 0 Å². The molecule has 2 aromatic heterocycles. The molecule has 1 N–H and O–H groups in total. The highest BCUT2D eigenvalue weighted by atomic mass is 32.2. The van der Waals surface area contributed by atoms with Gasteiger partial charge in [0.1, 0.15) is 4.83 Å². The molecular formula is C16H20N2O3S2. The first-order valence-corrected chi connectivity index (χ1v) is 9.75. The Balaban J connectivity index is 1.78. The van der Waals surface area contributed by atoms with Gasteiger partial charge in [-0.15, -0.1) is 11.3 Å². The van der Waals surface area contributed by atoms with Gasteiger partial charge < -0.3 is 9.72 Å². The molecule has 0 saturated heterocycles. The third-order valence-electron chi connectivity index (χ3n) is 4.04. The number of ether oxygens (including phenoxy) is 1. The Hall–Kier alpha value is -1.34. The summed E-state index contributed by atoms with van der Waals surface area (Å²) in [5.74, 6) is -0.123. The quantitative estimate of drug-likeness (QED) is 0.508. The Morgan fingerprint density at radius 3 is 3.00 bits per heavy atom. The minimum atomic E-state index is -0.280. The highest BCUT2D eigenvalue weighted by Gasteiger charge is 2.20. The van der Waals surface area contributed by atoms with Crippen molar-refractivity contribution in [3.05, 3.63) is 20.8 Å². The van der Waals surface area contributed by atoms with Crippen molar-refractivity contribution >= 4 is 39.3 Å². The van der Waals surface area contributed by atoms with Crippen LogP contribution in [0.1, 0.15) is 43.6 Å². The highest BCUT2D eigenvalue weighted by Crippen LogP contribution is 2.34. The van der Waals surface area contributed by atoms with Crippen LogP contribution in [-0.2, 0) is 22.4 Å². The van der Waals surface area contributed by atoms with Crippen molar-refractivity contribution in [3.63, 3.8) is 0 Å². The van der Waals surface area contributed by atoms with Gasteiger partial charge in [-0.1, -0.05) is 18.7 Å². The molecule has 3 rings (SSSR count). The summed E-state index contributed by atoms with van der Waals surface area (Å²) in [6.07, 6.45) is 5.03. The second kappa shape index (κ2) is 7.05. The number of aryl methyl sites for hydroxylation is 2. The zero-order valence-corrected chi connectivity index (χ0v) is 14.9. The first kappa shape index (κ1) is 16.5. The molecule has 1 atom stereocenters. The van der Waals surface area contributed by atoms with Crippen molar-refractivity contribution in [2.24, 2.45) is 0 Å². The molecule has 0 aromatic carbocycles. The standard InChI is InChI=1S/C16H20N2O3S2/c1-3-9(2)21-12(19)8-22-16-17-14(20)13-10-6-4-5-7-11(10)23-15(13)18-16/h9H,3-8H2,1-2H3,(H,17,18,20). The van der Waals surface area contributed by atoms with Crippen LogP contribution in [-0.4, -0.2) is 27.8 Å². The second-order valence-electron chi connectivity index (χ2n) is 5.76. The van der Waals surface area contributed by atoms with Crippen LogP contribution in [0, 0.1) is 0 Å². The normalized spacial score (nSPS) is 15.4. The van der Waals surface area contributed by atoms with E-state index in [1.54, 1.807) is 11.3 Å². The number of aromatic amines is 1. The van der Waals surface area contributed by atoms with Gasteiger partial charge >= 0.3 is 5.97 Å². The minimum Gasteiger partial charge on any atom is -0.462 e. The van der Waals surface area contributed by atoms with E-state index in [1.165, 1.54) is 28.6 Å². The zero-order valence-electron chi connectivity index (χ0n) is 13.3. The lowest BCUT2D eigenvalue weighted by Gasteiger charge is -2.10. The smallest absolute Gasteiger partial charge is 0.316 e. The number of fused-ring (bicyclic) bond motifs is 3. The van der Waals surface area contributed by atoms with Crippen LogP contribution in [0.25, 0.3) is 10.2 Å².